The number of carbonyl (C=O) groups is 3. The first kappa shape index (κ1) is 18.9. The van der Waals surface area contributed by atoms with E-state index < -0.39 is 23.9 Å². The number of anilines is 1. The predicted molar refractivity (Wildman–Crippen MR) is 92.3 cm³/mol. The molecule has 25 heavy (non-hydrogen) atoms. The summed E-state index contributed by atoms with van der Waals surface area (Å²) in [5.74, 6) is -1.68. The zero-order chi connectivity index (χ0) is 18.7. The summed E-state index contributed by atoms with van der Waals surface area (Å²) in [5, 5.41) is 7.22. The lowest BCUT2D eigenvalue weighted by atomic mass is 10.1. The fourth-order valence-corrected chi connectivity index (χ4v) is 3.36. The second-order valence-electron chi connectivity index (χ2n) is 5.05. The number of nitrogens with one attached hydrogen (secondary N) is 1. The van der Waals surface area contributed by atoms with E-state index in [0.29, 0.717) is 10.6 Å². The molecule has 10 heteroatoms. The van der Waals surface area contributed by atoms with Crippen molar-refractivity contribution in [3.63, 3.8) is 0 Å². The molecule has 0 aliphatic rings. The molecule has 8 nitrogen and oxygen atoms in total. The van der Waals surface area contributed by atoms with E-state index in [1.54, 1.807) is 13.8 Å². The molecule has 0 bridgehead atoms. The van der Waals surface area contributed by atoms with Crippen LogP contribution in [0.15, 0.2) is 12.4 Å². The van der Waals surface area contributed by atoms with Gasteiger partial charge in [-0.1, -0.05) is 11.6 Å². The van der Waals surface area contributed by atoms with Crippen LogP contribution in [0.25, 0.3) is 0 Å². The van der Waals surface area contributed by atoms with Gasteiger partial charge in [-0.05, 0) is 19.4 Å². The highest BCUT2D eigenvalue weighted by atomic mass is 35.5. The van der Waals surface area contributed by atoms with Crippen LogP contribution < -0.4 is 5.32 Å². The van der Waals surface area contributed by atoms with Gasteiger partial charge in [0.2, 0.25) is 5.91 Å². The fraction of sp³-hybridized carbons (Fsp3) is 0.333. The van der Waals surface area contributed by atoms with E-state index in [0.717, 1.165) is 11.3 Å². The first-order valence-electron chi connectivity index (χ1n) is 7.10. The zero-order valence-corrected chi connectivity index (χ0v) is 15.5. The van der Waals surface area contributed by atoms with Crippen LogP contribution in [0.1, 0.15) is 38.6 Å². The number of esters is 2. The maximum absolute atomic E-state index is 12.5. The van der Waals surface area contributed by atoms with E-state index in [4.69, 9.17) is 21.1 Å². The van der Waals surface area contributed by atoms with Gasteiger partial charge in [-0.3, -0.25) is 9.48 Å². The predicted octanol–water partition coefficient (Wildman–Crippen LogP) is 2.68. The van der Waals surface area contributed by atoms with Crippen LogP contribution >= 0.6 is 22.9 Å². The first-order chi connectivity index (χ1) is 11.8. The summed E-state index contributed by atoms with van der Waals surface area (Å²) in [5.41, 5.74) is 0.501. The number of amides is 1. The molecule has 1 N–H and O–H groups in total. The number of hydrogen-bond acceptors (Lipinski definition) is 7. The van der Waals surface area contributed by atoms with Crippen molar-refractivity contribution in [1.29, 1.82) is 0 Å². The van der Waals surface area contributed by atoms with Gasteiger partial charge >= 0.3 is 11.9 Å². The molecule has 1 unspecified atom stereocenters. The summed E-state index contributed by atoms with van der Waals surface area (Å²) < 4.78 is 10.8. The highest BCUT2D eigenvalue weighted by Gasteiger charge is 2.28. The van der Waals surface area contributed by atoms with Gasteiger partial charge in [0.25, 0.3) is 0 Å². The molecule has 2 aromatic rings. The second-order valence-corrected chi connectivity index (χ2v) is 6.50. The Balaban J connectivity index is 2.35. The van der Waals surface area contributed by atoms with Gasteiger partial charge in [-0.2, -0.15) is 5.10 Å². The maximum Gasteiger partial charge on any atom is 0.348 e. The Morgan fingerprint density at radius 3 is 2.44 bits per heavy atom. The zero-order valence-electron chi connectivity index (χ0n) is 14.0. The lowest BCUT2D eigenvalue weighted by Gasteiger charge is -2.12. The number of carbonyl (C=O) groups excluding carboxylic acids is 3. The maximum atomic E-state index is 12.5. The van der Waals surface area contributed by atoms with E-state index in [9.17, 15) is 14.4 Å². The monoisotopic (exact) mass is 385 g/mol. The van der Waals surface area contributed by atoms with Crippen LogP contribution in [0.3, 0.4) is 0 Å². The number of ether oxygens (including phenoxy) is 2. The van der Waals surface area contributed by atoms with E-state index in [2.05, 4.69) is 10.4 Å². The molecular formula is C15H16ClN3O5S. The van der Waals surface area contributed by atoms with Gasteiger partial charge in [0.05, 0.1) is 31.0 Å². The Morgan fingerprint density at radius 1 is 1.28 bits per heavy atom. The van der Waals surface area contributed by atoms with Crippen LogP contribution in [0.4, 0.5) is 5.00 Å². The Morgan fingerprint density at radius 2 is 1.92 bits per heavy atom. The topological polar surface area (TPSA) is 99.5 Å². The molecule has 1 amide bonds. The largest absolute Gasteiger partial charge is 0.465 e. The van der Waals surface area contributed by atoms with Crippen LogP contribution in [-0.2, 0) is 14.3 Å². The van der Waals surface area contributed by atoms with Crippen molar-refractivity contribution in [2.24, 2.45) is 0 Å². The molecular weight excluding hydrogens is 370 g/mol. The summed E-state index contributed by atoms with van der Waals surface area (Å²) >= 11 is 6.75. The smallest absolute Gasteiger partial charge is 0.348 e. The molecule has 134 valence electrons. The molecule has 0 saturated heterocycles. The number of thiophene rings is 1. The third-order valence-electron chi connectivity index (χ3n) is 3.49. The molecule has 2 heterocycles. The van der Waals surface area contributed by atoms with Crippen molar-refractivity contribution in [1.82, 2.24) is 9.78 Å². The summed E-state index contributed by atoms with van der Waals surface area (Å²) in [6.45, 7) is 3.21. The van der Waals surface area contributed by atoms with Crippen molar-refractivity contribution in [2.75, 3.05) is 19.5 Å². The minimum absolute atomic E-state index is 0.118. The summed E-state index contributed by atoms with van der Waals surface area (Å²) in [4.78, 5) is 36.6. The van der Waals surface area contributed by atoms with Crippen LogP contribution in [-0.4, -0.2) is 41.8 Å². The first-order valence-corrected chi connectivity index (χ1v) is 8.30. The summed E-state index contributed by atoms with van der Waals surface area (Å²) in [7, 11) is 2.46. The Labute approximate surface area is 152 Å². The van der Waals surface area contributed by atoms with E-state index >= 15 is 0 Å². The molecule has 2 aromatic heterocycles. The molecule has 0 spiro atoms. The molecule has 0 aromatic carbocycles. The third kappa shape index (κ3) is 3.83. The van der Waals surface area contributed by atoms with Crippen LogP contribution in [0.5, 0.6) is 0 Å². The number of halogens is 1. The van der Waals surface area contributed by atoms with Crippen LogP contribution in [0, 0.1) is 6.92 Å². The number of aromatic nitrogens is 2. The molecule has 0 fully saturated rings. The minimum atomic E-state index is -0.679. The molecule has 0 aliphatic heterocycles. The summed E-state index contributed by atoms with van der Waals surface area (Å²) in [6.07, 6.45) is 2.92. The SMILES string of the molecule is COC(=O)c1sc(NC(=O)C(C)n2cc(Cl)cn2)c(C(=O)OC)c1C. The lowest BCUT2D eigenvalue weighted by molar-refractivity contribution is -0.119. The van der Waals surface area contributed by atoms with Crippen molar-refractivity contribution < 1.29 is 23.9 Å². The quantitative estimate of drug-likeness (QED) is 0.794. The fourth-order valence-electron chi connectivity index (χ4n) is 2.10. The van der Waals surface area contributed by atoms with Crippen molar-refractivity contribution in [3.8, 4) is 0 Å². The Hall–Kier alpha value is -2.39. The van der Waals surface area contributed by atoms with Crippen molar-refractivity contribution >= 4 is 45.8 Å². The molecule has 0 aliphatic carbocycles. The second kappa shape index (κ2) is 7.66. The average molecular weight is 386 g/mol. The third-order valence-corrected chi connectivity index (χ3v) is 4.87. The van der Waals surface area contributed by atoms with Gasteiger partial charge in [-0.25, -0.2) is 9.59 Å². The normalized spacial score (nSPS) is 11.7. The van der Waals surface area contributed by atoms with Gasteiger partial charge in [0, 0.05) is 6.20 Å². The Kier molecular flexibility index (Phi) is 5.81. The van der Waals surface area contributed by atoms with Gasteiger partial charge < -0.3 is 14.8 Å². The number of methoxy groups -OCH3 is 2. The van der Waals surface area contributed by atoms with Crippen LogP contribution in [0.2, 0.25) is 5.02 Å². The standard InChI is InChI=1S/C15H16ClN3O5S/c1-7-10(14(21)23-3)13(25-11(7)15(22)24-4)18-12(20)8(2)19-6-9(16)5-17-19/h5-6,8H,1-4H3,(H,18,20). The highest BCUT2D eigenvalue weighted by molar-refractivity contribution is 7.18. The van der Waals surface area contributed by atoms with E-state index in [-0.39, 0.29) is 15.4 Å². The molecule has 0 saturated carbocycles. The Bertz CT molecular complexity index is 829. The summed E-state index contributed by atoms with van der Waals surface area (Å²) in [6, 6.07) is -0.679. The van der Waals surface area contributed by atoms with E-state index in [1.165, 1.54) is 31.3 Å². The van der Waals surface area contributed by atoms with E-state index in [1.807, 2.05) is 0 Å². The van der Waals surface area contributed by atoms with Gasteiger partial charge in [-0.15, -0.1) is 11.3 Å². The van der Waals surface area contributed by atoms with Gasteiger partial charge in [0.1, 0.15) is 15.9 Å². The van der Waals surface area contributed by atoms with Crippen molar-refractivity contribution in [3.05, 3.63) is 33.4 Å². The lowest BCUT2D eigenvalue weighted by Crippen LogP contribution is -2.24. The minimum Gasteiger partial charge on any atom is -0.465 e. The molecule has 0 radical (unpaired) electrons. The number of nitrogens with zero attached hydrogens (tertiary/aromatic N) is 2. The number of rotatable bonds is 5. The highest BCUT2D eigenvalue weighted by Crippen LogP contribution is 2.34. The average Bonchev–Trinajstić information content (AvgIpc) is 3.16. The molecule has 2 rings (SSSR count). The van der Waals surface area contributed by atoms with Gasteiger partial charge in [0.15, 0.2) is 0 Å². The molecule has 1 atom stereocenters. The van der Waals surface area contributed by atoms with Crippen molar-refractivity contribution in [2.45, 2.75) is 19.9 Å². The number of hydrogen-bond donors (Lipinski definition) is 1.